The van der Waals surface area contributed by atoms with Crippen molar-refractivity contribution in [3.63, 3.8) is 0 Å². The largest absolute Gasteiger partial charge is 0.486 e. The third-order valence-corrected chi connectivity index (χ3v) is 3.35. The molecule has 114 valence electrons. The third kappa shape index (κ3) is 4.64. The van der Waals surface area contributed by atoms with Crippen LogP contribution in [0.4, 0.5) is 0 Å². The van der Waals surface area contributed by atoms with Crippen molar-refractivity contribution in [3.05, 3.63) is 53.5 Å². The molecule has 0 radical (unpaired) electrons. The lowest BCUT2D eigenvalue weighted by Crippen LogP contribution is -2.11. The summed E-state index contributed by atoms with van der Waals surface area (Å²) in [5.41, 5.74) is 1.40. The van der Waals surface area contributed by atoms with Crippen LogP contribution in [0, 0.1) is 0 Å². The first-order valence-corrected chi connectivity index (χ1v) is 7.50. The predicted octanol–water partition coefficient (Wildman–Crippen LogP) is 4.27. The van der Waals surface area contributed by atoms with Gasteiger partial charge in [-0.2, -0.15) is 0 Å². The molecule has 3 nitrogen and oxygen atoms in total. The van der Waals surface area contributed by atoms with Gasteiger partial charge in [0.1, 0.15) is 23.9 Å². The van der Waals surface area contributed by atoms with Gasteiger partial charge in [-0.1, -0.05) is 39.8 Å². The monoisotopic (exact) mass is 287 g/mol. The predicted molar refractivity (Wildman–Crippen MR) is 85.6 cm³/mol. The molecule has 0 unspecified atom stereocenters. The second-order valence-corrected chi connectivity index (χ2v) is 6.21. The minimum absolute atomic E-state index is 0.128. The SMILES string of the molecule is CCNCc1ccc(COc2cccc(C(C)(C)C)c2)o1. The first-order chi connectivity index (χ1) is 9.99. The first-order valence-electron chi connectivity index (χ1n) is 7.50. The van der Waals surface area contributed by atoms with Crippen molar-refractivity contribution in [1.82, 2.24) is 5.32 Å². The zero-order valence-corrected chi connectivity index (χ0v) is 13.4. The lowest BCUT2D eigenvalue weighted by Gasteiger charge is -2.19. The van der Waals surface area contributed by atoms with Crippen molar-refractivity contribution in [2.24, 2.45) is 0 Å². The third-order valence-electron chi connectivity index (χ3n) is 3.35. The summed E-state index contributed by atoms with van der Waals surface area (Å²) in [6, 6.07) is 12.2. The molecule has 0 amide bonds. The zero-order valence-electron chi connectivity index (χ0n) is 13.4. The maximum absolute atomic E-state index is 5.83. The molecule has 0 aliphatic heterocycles. The number of hydrogen-bond acceptors (Lipinski definition) is 3. The Morgan fingerprint density at radius 3 is 2.57 bits per heavy atom. The van der Waals surface area contributed by atoms with Crippen LogP contribution in [-0.2, 0) is 18.6 Å². The topological polar surface area (TPSA) is 34.4 Å². The summed E-state index contributed by atoms with van der Waals surface area (Å²) in [7, 11) is 0. The summed E-state index contributed by atoms with van der Waals surface area (Å²) in [5.74, 6) is 2.68. The molecule has 0 fully saturated rings. The Morgan fingerprint density at radius 1 is 1.10 bits per heavy atom. The standard InChI is InChI=1S/C18H25NO2/c1-5-19-12-16-9-10-17(21-16)13-20-15-8-6-7-14(11-15)18(2,3)4/h6-11,19H,5,12-13H2,1-4H3. The molecule has 1 N–H and O–H groups in total. The van der Waals surface area contributed by atoms with Gasteiger partial charge in [0.25, 0.3) is 0 Å². The highest BCUT2D eigenvalue weighted by Crippen LogP contribution is 2.26. The molecule has 0 aliphatic carbocycles. The molecule has 0 saturated carbocycles. The van der Waals surface area contributed by atoms with Crippen LogP contribution in [-0.4, -0.2) is 6.54 Å². The van der Waals surface area contributed by atoms with Crippen molar-refractivity contribution < 1.29 is 9.15 Å². The number of furan rings is 1. The normalized spacial score (nSPS) is 11.6. The van der Waals surface area contributed by atoms with E-state index < -0.39 is 0 Å². The summed E-state index contributed by atoms with van der Waals surface area (Å²) in [4.78, 5) is 0. The molecule has 0 saturated heterocycles. The summed E-state index contributed by atoms with van der Waals surface area (Å²) in [6.07, 6.45) is 0. The molecule has 0 atom stereocenters. The summed E-state index contributed by atoms with van der Waals surface area (Å²) in [6.45, 7) is 10.8. The number of nitrogens with one attached hydrogen (secondary N) is 1. The quantitative estimate of drug-likeness (QED) is 0.861. The lowest BCUT2D eigenvalue weighted by molar-refractivity contribution is 0.264. The average Bonchev–Trinajstić information content (AvgIpc) is 2.90. The van der Waals surface area contributed by atoms with Crippen molar-refractivity contribution in [1.29, 1.82) is 0 Å². The molecule has 0 aliphatic rings. The minimum atomic E-state index is 0.128. The molecular weight excluding hydrogens is 262 g/mol. The van der Waals surface area contributed by atoms with Crippen LogP contribution in [0.5, 0.6) is 5.75 Å². The van der Waals surface area contributed by atoms with E-state index >= 15 is 0 Å². The van der Waals surface area contributed by atoms with E-state index in [0.717, 1.165) is 30.4 Å². The van der Waals surface area contributed by atoms with Gasteiger partial charge in [0.2, 0.25) is 0 Å². The smallest absolute Gasteiger partial charge is 0.146 e. The van der Waals surface area contributed by atoms with Gasteiger partial charge in [-0.3, -0.25) is 0 Å². The fourth-order valence-corrected chi connectivity index (χ4v) is 2.05. The second kappa shape index (κ2) is 6.81. The molecule has 0 spiro atoms. The van der Waals surface area contributed by atoms with E-state index in [2.05, 4.69) is 45.1 Å². The van der Waals surface area contributed by atoms with E-state index in [-0.39, 0.29) is 5.41 Å². The van der Waals surface area contributed by atoms with Crippen molar-refractivity contribution in [2.45, 2.75) is 46.3 Å². The van der Waals surface area contributed by atoms with Crippen LogP contribution < -0.4 is 10.1 Å². The molecule has 1 heterocycles. The Kier molecular flexibility index (Phi) is 5.07. The van der Waals surface area contributed by atoms with E-state index in [1.54, 1.807) is 0 Å². The van der Waals surface area contributed by atoms with Crippen LogP contribution >= 0.6 is 0 Å². The van der Waals surface area contributed by atoms with Gasteiger partial charge in [0, 0.05) is 0 Å². The number of ether oxygens (including phenoxy) is 1. The van der Waals surface area contributed by atoms with Crippen LogP contribution in [0.25, 0.3) is 0 Å². The molecule has 21 heavy (non-hydrogen) atoms. The average molecular weight is 287 g/mol. The van der Waals surface area contributed by atoms with Crippen molar-refractivity contribution in [2.75, 3.05) is 6.54 Å². The van der Waals surface area contributed by atoms with Gasteiger partial charge in [0.15, 0.2) is 0 Å². The van der Waals surface area contributed by atoms with Gasteiger partial charge in [-0.15, -0.1) is 0 Å². The van der Waals surface area contributed by atoms with Crippen LogP contribution in [0.1, 0.15) is 44.8 Å². The molecule has 2 rings (SSSR count). The molecule has 1 aromatic carbocycles. The summed E-state index contributed by atoms with van der Waals surface area (Å²) < 4.78 is 11.5. The van der Waals surface area contributed by atoms with E-state index in [1.807, 2.05) is 24.3 Å². The highest BCUT2D eigenvalue weighted by molar-refractivity contribution is 5.32. The van der Waals surface area contributed by atoms with E-state index in [0.29, 0.717) is 6.61 Å². The van der Waals surface area contributed by atoms with Gasteiger partial charge in [-0.25, -0.2) is 0 Å². The first kappa shape index (κ1) is 15.6. The Hall–Kier alpha value is -1.74. The number of rotatable bonds is 6. The van der Waals surface area contributed by atoms with Crippen LogP contribution in [0.3, 0.4) is 0 Å². The molecular formula is C18H25NO2. The van der Waals surface area contributed by atoms with Crippen LogP contribution in [0.2, 0.25) is 0 Å². The molecule has 1 aromatic heterocycles. The van der Waals surface area contributed by atoms with Crippen molar-refractivity contribution >= 4 is 0 Å². The second-order valence-electron chi connectivity index (χ2n) is 6.21. The van der Waals surface area contributed by atoms with Crippen molar-refractivity contribution in [3.8, 4) is 5.75 Å². The van der Waals surface area contributed by atoms with Gasteiger partial charge in [-0.05, 0) is 41.8 Å². The molecule has 3 heteroatoms. The Balaban J connectivity index is 1.95. The Morgan fingerprint density at radius 2 is 1.86 bits per heavy atom. The fraction of sp³-hybridized carbons (Fsp3) is 0.444. The molecule has 2 aromatic rings. The summed E-state index contributed by atoms with van der Waals surface area (Å²) in [5, 5.41) is 3.24. The minimum Gasteiger partial charge on any atom is -0.486 e. The highest BCUT2D eigenvalue weighted by Gasteiger charge is 2.14. The van der Waals surface area contributed by atoms with E-state index in [1.165, 1.54) is 5.56 Å². The van der Waals surface area contributed by atoms with E-state index in [9.17, 15) is 0 Å². The fourth-order valence-electron chi connectivity index (χ4n) is 2.05. The van der Waals surface area contributed by atoms with Crippen LogP contribution in [0.15, 0.2) is 40.8 Å². The van der Waals surface area contributed by atoms with Gasteiger partial charge in [0.05, 0.1) is 6.54 Å². The molecule has 0 bridgehead atoms. The number of hydrogen-bond donors (Lipinski definition) is 1. The van der Waals surface area contributed by atoms with Gasteiger partial charge < -0.3 is 14.5 Å². The maximum atomic E-state index is 5.83. The van der Waals surface area contributed by atoms with E-state index in [4.69, 9.17) is 9.15 Å². The number of benzene rings is 1. The highest BCUT2D eigenvalue weighted by atomic mass is 16.5. The Labute approximate surface area is 127 Å². The maximum Gasteiger partial charge on any atom is 0.146 e. The lowest BCUT2D eigenvalue weighted by atomic mass is 9.87. The Bertz CT molecular complexity index is 567. The van der Waals surface area contributed by atoms with Gasteiger partial charge >= 0.3 is 0 Å². The summed E-state index contributed by atoms with van der Waals surface area (Å²) >= 11 is 0. The zero-order chi connectivity index (χ0) is 15.3.